The number of aromatic nitrogens is 2. The van der Waals surface area contributed by atoms with Gasteiger partial charge < -0.3 is 14.6 Å². The van der Waals surface area contributed by atoms with E-state index in [2.05, 4.69) is 4.98 Å². The number of piperidine rings is 1. The van der Waals surface area contributed by atoms with Crippen LogP contribution in [0.5, 0.6) is 0 Å². The van der Waals surface area contributed by atoms with Gasteiger partial charge >= 0.3 is 0 Å². The third kappa shape index (κ3) is 4.49. The van der Waals surface area contributed by atoms with Crippen LogP contribution in [0.25, 0.3) is 0 Å². The summed E-state index contributed by atoms with van der Waals surface area (Å²) in [4.78, 5) is 18.5. The number of imidazole rings is 1. The summed E-state index contributed by atoms with van der Waals surface area (Å²) in [6.07, 6.45) is 5.69. The lowest BCUT2D eigenvalue weighted by Gasteiger charge is -2.36. The average molecular weight is 359 g/mol. The molecule has 2 atom stereocenters. The van der Waals surface area contributed by atoms with Crippen molar-refractivity contribution in [2.24, 2.45) is 5.92 Å². The largest absolute Gasteiger partial charge is 0.391 e. The van der Waals surface area contributed by atoms with Crippen LogP contribution in [0.3, 0.4) is 0 Å². The lowest BCUT2D eigenvalue weighted by Crippen LogP contribution is -2.47. The Bertz CT molecular complexity index is 746. The summed E-state index contributed by atoms with van der Waals surface area (Å²) in [5.74, 6) is 0.840. The minimum absolute atomic E-state index is 0.0567. The predicted octanol–water partition coefficient (Wildman–Crippen LogP) is 2.43. The van der Waals surface area contributed by atoms with Crippen molar-refractivity contribution < 1.29 is 14.3 Å². The molecule has 1 aromatic carbocycles. The molecule has 1 N–H and O–H groups in total. The van der Waals surface area contributed by atoms with E-state index in [0.717, 1.165) is 24.2 Å². The van der Waals surface area contributed by atoms with Crippen molar-refractivity contribution in [3.63, 3.8) is 0 Å². The molecule has 2 heterocycles. The van der Waals surface area contributed by atoms with Crippen molar-refractivity contribution in [3.8, 4) is 0 Å². The van der Waals surface area contributed by atoms with Gasteiger partial charge in [0.1, 0.15) is 11.6 Å². The van der Waals surface area contributed by atoms with Crippen LogP contribution in [0.4, 0.5) is 4.39 Å². The molecule has 0 spiro atoms. The Labute approximate surface area is 153 Å². The van der Waals surface area contributed by atoms with Gasteiger partial charge in [-0.1, -0.05) is 19.1 Å². The number of carbonyl (C=O) groups is 1. The zero-order valence-corrected chi connectivity index (χ0v) is 15.1. The monoisotopic (exact) mass is 359 g/mol. The van der Waals surface area contributed by atoms with Crippen molar-refractivity contribution >= 4 is 5.91 Å². The van der Waals surface area contributed by atoms with E-state index < -0.39 is 6.10 Å². The van der Waals surface area contributed by atoms with Crippen molar-refractivity contribution in [1.82, 2.24) is 14.5 Å². The first kappa shape index (κ1) is 18.6. The average Bonchev–Trinajstić information content (AvgIpc) is 3.09. The molecule has 1 saturated heterocycles. The number of aliphatic hydroxyl groups is 1. The molecule has 6 heteroatoms. The highest BCUT2D eigenvalue weighted by Gasteiger charge is 2.30. The van der Waals surface area contributed by atoms with Crippen LogP contribution >= 0.6 is 0 Å². The molecule has 1 fully saturated rings. The first-order valence-corrected chi connectivity index (χ1v) is 9.27. The number of hydrogen-bond acceptors (Lipinski definition) is 3. The number of amides is 1. The molecule has 0 unspecified atom stereocenters. The van der Waals surface area contributed by atoms with Gasteiger partial charge in [0.15, 0.2) is 0 Å². The number of aryl methyl sites for hydroxylation is 2. The summed E-state index contributed by atoms with van der Waals surface area (Å²) in [6.45, 7) is 3.64. The molecule has 0 saturated carbocycles. The Kier molecular flexibility index (Phi) is 6.04. The van der Waals surface area contributed by atoms with Crippen molar-refractivity contribution in [1.29, 1.82) is 0 Å². The fraction of sp³-hybridized carbons (Fsp3) is 0.500. The smallest absolute Gasteiger partial charge is 0.224 e. The third-order valence-electron chi connectivity index (χ3n) is 5.15. The first-order valence-electron chi connectivity index (χ1n) is 9.27. The van der Waals surface area contributed by atoms with E-state index in [1.54, 1.807) is 17.2 Å². The highest BCUT2D eigenvalue weighted by atomic mass is 19.1. The number of hydrogen-bond donors (Lipinski definition) is 1. The molecule has 3 rings (SSSR count). The number of likely N-dealkylation sites (tertiary alicyclic amines) is 1. The van der Waals surface area contributed by atoms with Crippen LogP contribution in [-0.4, -0.2) is 44.7 Å². The molecule has 1 amide bonds. The molecular formula is C20H26FN3O2. The van der Waals surface area contributed by atoms with E-state index in [1.807, 2.05) is 23.8 Å². The molecule has 1 aliphatic rings. The molecule has 26 heavy (non-hydrogen) atoms. The predicted molar refractivity (Wildman–Crippen MR) is 97.0 cm³/mol. The summed E-state index contributed by atoms with van der Waals surface area (Å²) in [5, 5.41) is 10.5. The van der Waals surface area contributed by atoms with Crippen LogP contribution in [0.15, 0.2) is 36.7 Å². The summed E-state index contributed by atoms with van der Waals surface area (Å²) in [5.41, 5.74) is 0.890. The topological polar surface area (TPSA) is 58.4 Å². The second-order valence-corrected chi connectivity index (χ2v) is 6.93. The van der Waals surface area contributed by atoms with Crippen LogP contribution in [-0.2, 0) is 24.2 Å². The lowest BCUT2D eigenvalue weighted by atomic mass is 9.87. The number of nitrogens with zero attached hydrogens (tertiary/aromatic N) is 3. The number of carbonyl (C=O) groups excluding carboxylic acids is 1. The van der Waals surface area contributed by atoms with Crippen molar-refractivity contribution in [2.45, 2.75) is 45.3 Å². The number of β-amino-alcohol motifs (C(OH)–C–C–N with tert-alkyl or cyclic N) is 1. The molecule has 1 aliphatic heterocycles. The standard InChI is InChI=1S/C20H26FN3O2/c1-2-19-22-8-11-23(19)10-7-20(26)24-9-6-16(18(25)14-24)12-15-4-3-5-17(21)13-15/h3-5,8,11,13,16,18,25H,2,6-7,9-10,12,14H2,1H3/t16-,18+/m1/s1. The summed E-state index contributed by atoms with van der Waals surface area (Å²) in [6, 6.07) is 6.51. The second kappa shape index (κ2) is 8.45. The fourth-order valence-corrected chi connectivity index (χ4v) is 3.64. The van der Waals surface area contributed by atoms with Gasteiger partial charge in [-0.25, -0.2) is 9.37 Å². The minimum Gasteiger partial charge on any atom is -0.391 e. The zero-order valence-electron chi connectivity index (χ0n) is 15.1. The quantitative estimate of drug-likeness (QED) is 0.862. The molecule has 0 bridgehead atoms. The molecule has 1 aromatic heterocycles. The van der Waals surface area contributed by atoms with Crippen LogP contribution < -0.4 is 0 Å². The van der Waals surface area contributed by atoms with Crippen LogP contribution in [0.2, 0.25) is 0 Å². The van der Waals surface area contributed by atoms with Gasteiger partial charge in [-0.3, -0.25) is 4.79 Å². The fourth-order valence-electron chi connectivity index (χ4n) is 3.64. The molecule has 2 aromatic rings. The van der Waals surface area contributed by atoms with Gasteiger partial charge in [-0.05, 0) is 36.5 Å². The first-order chi connectivity index (χ1) is 12.6. The lowest BCUT2D eigenvalue weighted by molar-refractivity contribution is -0.135. The Morgan fingerprint density at radius 3 is 3.00 bits per heavy atom. The second-order valence-electron chi connectivity index (χ2n) is 6.93. The van der Waals surface area contributed by atoms with Gasteiger partial charge in [0.2, 0.25) is 5.91 Å². The minimum atomic E-state index is -0.574. The van der Waals surface area contributed by atoms with Crippen molar-refractivity contribution in [3.05, 3.63) is 53.9 Å². The van der Waals surface area contributed by atoms with Gasteiger partial charge in [0, 0.05) is 44.9 Å². The van der Waals surface area contributed by atoms with E-state index in [0.29, 0.717) is 32.5 Å². The van der Waals surface area contributed by atoms with E-state index in [4.69, 9.17) is 0 Å². The maximum atomic E-state index is 13.3. The van der Waals surface area contributed by atoms with E-state index in [1.165, 1.54) is 12.1 Å². The third-order valence-corrected chi connectivity index (χ3v) is 5.15. The maximum absolute atomic E-state index is 13.3. The molecule has 0 radical (unpaired) electrons. The van der Waals surface area contributed by atoms with Gasteiger partial charge in [0.25, 0.3) is 0 Å². The highest BCUT2D eigenvalue weighted by molar-refractivity contribution is 5.76. The number of aliphatic hydroxyl groups excluding tert-OH is 1. The number of benzene rings is 1. The molecule has 140 valence electrons. The van der Waals surface area contributed by atoms with E-state index in [-0.39, 0.29) is 17.6 Å². The Morgan fingerprint density at radius 2 is 2.27 bits per heavy atom. The molecule has 0 aliphatic carbocycles. The van der Waals surface area contributed by atoms with Gasteiger partial charge in [-0.15, -0.1) is 0 Å². The number of rotatable bonds is 6. The summed E-state index contributed by atoms with van der Waals surface area (Å²) < 4.78 is 15.3. The number of halogens is 1. The Hall–Kier alpha value is -2.21. The van der Waals surface area contributed by atoms with E-state index in [9.17, 15) is 14.3 Å². The molecule has 5 nitrogen and oxygen atoms in total. The highest BCUT2D eigenvalue weighted by Crippen LogP contribution is 2.23. The van der Waals surface area contributed by atoms with Gasteiger partial charge in [-0.2, -0.15) is 0 Å². The SMILES string of the molecule is CCc1nccn1CCC(=O)N1CC[C@H](Cc2cccc(F)c2)[C@@H](O)C1. The van der Waals surface area contributed by atoms with E-state index >= 15 is 0 Å². The Balaban J connectivity index is 1.50. The van der Waals surface area contributed by atoms with Crippen LogP contribution in [0.1, 0.15) is 31.2 Å². The normalized spacial score (nSPS) is 20.3. The maximum Gasteiger partial charge on any atom is 0.224 e. The Morgan fingerprint density at radius 1 is 1.42 bits per heavy atom. The van der Waals surface area contributed by atoms with Gasteiger partial charge in [0.05, 0.1) is 6.10 Å². The summed E-state index contributed by atoms with van der Waals surface area (Å²) in [7, 11) is 0. The van der Waals surface area contributed by atoms with Crippen LogP contribution in [0, 0.1) is 11.7 Å². The van der Waals surface area contributed by atoms with Crippen molar-refractivity contribution in [2.75, 3.05) is 13.1 Å². The summed E-state index contributed by atoms with van der Waals surface area (Å²) >= 11 is 0. The zero-order chi connectivity index (χ0) is 18.5. The molecular weight excluding hydrogens is 333 g/mol.